The predicted octanol–water partition coefficient (Wildman–Crippen LogP) is 6.43. The van der Waals surface area contributed by atoms with Crippen LogP contribution in [0.3, 0.4) is 0 Å². The number of piperidine rings is 1. The molecule has 4 aromatic rings. The smallest absolute Gasteiger partial charge is 0.329 e. The monoisotopic (exact) mass is 759 g/mol. The van der Waals surface area contributed by atoms with Crippen molar-refractivity contribution >= 4 is 40.7 Å². The zero-order chi connectivity index (χ0) is 39.2. The van der Waals surface area contributed by atoms with Crippen molar-refractivity contribution in [1.29, 1.82) is 0 Å². The summed E-state index contributed by atoms with van der Waals surface area (Å²) in [4.78, 5) is 49.8. The maximum absolute atomic E-state index is 13.2. The van der Waals surface area contributed by atoms with Crippen LogP contribution in [-0.2, 0) is 22.6 Å². The minimum atomic E-state index is -0.421. The molecule has 12 heteroatoms. The summed E-state index contributed by atoms with van der Waals surface area (Å²) in [5.41, 5.74) is 5.77. The highest BCUT2D eigenvalue weighted by atomic mass is 16.5. The standard InChI is InChI=1S/C44H53N7O5/c1-31(2)56-39-27-35-30-51(43(53)28-34(35)26-38(39)55-4)37-12-10-36(11-13-37)47(3)20-14-32-15-21-48(22-16-32)19-8-6-5-7-9-33-17-23-49-40(25-33)45-29-42(49)50-24-18-41(52)46-44(50)54/h10-13,17,23,25-27,29,31-32H,5-6,8,14-16,18-22,24,28,30H2,1-4H3,(H,46,52,54). The van der Waals surface area contributed by atoms with E-state index >= 15 is 0 Å². The Morgan fingerprint density at radius 3 is 2.50 bits per heavy atom. The average Bonchev–Trinajstić information content (AvgIpc) is 3.61. The molecule has 0 atom stereocenters. The van der Waals surface area contributed by atoms with Crippen LogP contribution < -0.4 is 29.5 Å². The molecule has 2 saturated heterocycles. The van der Waals surface area contributed by atoms with Crippen molar-refractivity contribution in [2.75, 3.05) is 61.6 Å². The van der Waals surface area contributed by atoms with Crippen molar-refractivity contribution in [2.45, 2.75) is 77.9 Å². The molecule has 3 aliphatic rings. The number of hydrogen-bond donors (Lipinski definition) is 1. The van der Waals surface area contributed by atoms with Gasteiger partial charge in [0.1, 0.15) is 11.5 Å². The van der Waals surface area contributed by atoms with E-state index in [1.165, 1.54) is 24.2 Å². The number of carbonyl (C=O) groups excluding carboxylic acids is 3. The first-order chi connectivity index (χ1) is 27.1. The molecule has 0 radical (unpaired) electrons. The van der Waals surface area contributed by atoms with Crippen LogP contribution >= 0.6 is 0 Å². The van der Waals surface area contributed by atoms with E-state index in [9.17, 15) is 14.4 Å². The average molecular weight is 760 g/mol. The number of aromatic nitrogens is 2. The summed E-state index contributed by atoms with van der Waals surface area (Å²) in [6, 6.07) is 15.8. The Morgan fingerprint density at radius 1 is 0.964 bits per heavy atom. The van der Waals surface area contributed by atoms with E-state index in [2.05, 4.69) is 63.3 Å². The van der Waals surface area contributed by atoms with Crippen LogP contribution in [-0.4, -0.2) is 85.1 Å². The van der Waals surface area contributed by atoms with E-state index in [1.807, 2.05) is 53.6 Å². The molecule has 0 unspecified atom stereocenters. The number of hydrogen-bond acceptors (Lipinski definition) is 8. The largest absolute Gasteiger partial charge is 0.493 e. The molecule has 3 aliphatic heterocycles. The van der Waals surface area contributed by atoms with Gasteiger partial charge in [-0.25, -0.2) is 9.78 Å². The van der Waals surface area contributed by atoms with Crippen molar-refractivity contribution < 1.29 is 23.9 Å². The van der Waals surface area contributed by atoms with Gasteiger partial charge in [-0.05, 0) is 131 Å². The van der Waals surface area contributed by atoms with Gasteiger partial charge in [-0.15, -0.1) is 0 Å². The van der Waals surface area contributed by atoms with Gasteiger partial charge >= 0.3 is 6.03 Å². The lowest BCUT2D eigenvalue weighted by Gasteiger charge is -2.33. The van der Waals surface area contributed by atoms with E-state index in [-0.39, 0.29) is 24.3 Å². The fraction of sp³-hybridized carbons (Fsp3) is 0.455. The maximum Gasteiger partial charge on any atom is 0.329 e. The number of pyridine rings is 1. The van der Waals surface area contributed by atoms with Gasteiger partial charge in [0.15, 0.2) is 11.5 Å². The Hall–Kier alpha value is -5.54. The van der Waals surface area contributed by atoms with Crippen LogP contribution in [0, 0.1) is 17.8 Å². The zero-order valence-corrected chi connectivity index (χ0v) is 33.1. The van der Waals surface area contributed by atoms with E-state index in [0.717, 1.165) is 79.4 Å². The van der Waals surface area contributed by atoms with E-state index in [0.29, 0.717) is 42.5 Å². The summed E-state index contributed by atoms with van der Waals surface area (Å²) in [5.74, 6) is 9.17. The molecule has 0 saturated carbocycles. The van der Waals surface area contributed by atoms with Crippen molar-refractivity contribution in [3.8, 4) is 23.3 Å². The summed E-state index contributed by atoms with van der Waals surface area (Å²) in [6.07, 6.45) is 10.9. The molecule has 2 aromatic heterocycles. The maximum atomic E-state index is 13.2. The zero-order valence-electron chi connectivity index (χ0n) is 33.1. The molecule has 0 spiro atoms. The molecule has 294 valence electrons. The lowest BCUT2D eigenvalue weighted by atomic mass is 9.93. The third-order valence-electron chi connectivity index (χ3n) is 11.1. The number of ether oxygens (including phenoxy) is 2. The summed E-state index contributed by atoms with van der Waals surface area (Å²) in [6.45, 7) is 9.27. The number of benzene rings is 2. The lowest BCUT2D eigenvalue weighted by Crippen LogP contribution is -2.50. The minimum absolute atomic E-state index is 0.0277. The van der Waals surface area contributed by atoms with Crippen LogP contribution in [0.25, 0.3) is 5.65 Å². The number of imidazole rings is 1. The van der Waals surface area contributed by atoms with Crippen molar-refractivity contribution in [1.82, 2.24) is 19.6 Å². The Labute approximate surface area is 329 Å². The summed E-state index contributed by atoms with van der Waals surface area (Å²) in [5, 5.41) is 2.36. The number of nitrogens with zero attached hydrogens (tertiary/aromatic N) is 6. The lowest BCUT2D eigenvalue weighted by molar-refractivity contribution is -0.120. The predicted molar refractivity (Wildman–Crippen MR) is 219 cm³/mol. The van der Waals surface area contributed by atoms with Gasteiger partial charge < -0.3 is 24.2 Å². The molecular formula is C44H53N7O5. The Kier molecular flexibility index (Phi) is 12.1. The molecule has 4 amide bonds. The Morgan fingerprint density at radius 2 is 1.75 bits per heavy atom. The molecule has 0 aliphatic carbocycles. The van der Waals surface area contributed by atoms with Crippen LogP contribution in [0.5, 0.6) is 11.5 Å². The number of nitrogens with one attached hydrogen (secondary N) is 1. The van der Waals surface area contributed by atoms with Crippen molar-refractivity contribution in [3.63, 3.8) is 0 Å². The quantitative estimate of drug-likeness (QED) is 0.123. The van der Waals surface area contributed by atoms with Gasteiger partial charge in [-0.1, -0.05) is 11.8 Å². The third kappa shape index (κ3) is 9.11. The van der Waals surface area contributed by atoms with Crippen LogP contribution in [0.2, 0.25) is 0 Å². The first-order valence-electron chi connectivity index (χ1n) is 19.9. The number of carbonyl (C=O) groups is 3. The summed E-state index contributed by atoms with van der Waals surface area (Å²) in [7, 11) is 3.79. The number of methoxy groups -OCH3 is 1. The van der Waals surface area contributed by atoms with E-state index in [1.54, 1.807) is 13.3 Å². The third-order valence-corrected chi connectivity index (χ3v) is 11.1. The molecule has 0 bridgehead atoms. The highest BCUT2D eigenvalue weighted by Crippen LogP contribution is 2.36. The molecule has 12 nitrogen and oxygen atoms in total. The summed E-state index contributed by atoms with van der Waals surface area (Å²) < 4.78 is 13.4. The molecule has 56 heavy (non-hydrogen) atoms. The number of anilines is 3. The molecule has 2 aromatic carbocycles. The van der Waals surface area contributed by atoms with Gasteiger partial charge in [0.2, 0.25) is 11.8 Å². The number of rotatable bonds is 13. The van der Waals surface area contributed by atoms with Crippen LogP contribution in [0.15, 0.2) is 60.9 Å². The number of imide groups is 1. The Balaban J connectivity index is 0.804. The number of likely N-dealkylation sites (tertiary alicyclic amines) is 1. The van der Waals surface area contributed by atoms with Crippen LogP contribution in [0.1, 0.15) is 75.5 Å². The van der Waals surface area contributed by atoms with E-state index in [4.69, 9.17) is 9.47 Å². The minimum Gasteiger partial charge on any atom is -0.493 e. The number of fused-ring (bicyclic) bond motifs is 2. The van der Waals surface area contributed by atoms with E-state index < -0.39 is 6.03 Å². The van der Waals surface area contributed by atoms with Gasteiger partial charge in [0.05, 0.1) is 32.4 Å². The second kappa shape index (κ2) is 17.5. The van der Waals surface area contributed by atoms with Gasteiger partial charge in [0, 0.05) is 56.1 Å². The van der Waals surface area contributed by atoms with Crippen LogP contribution in [0.4, 0.5) is 22.0 Å². The number of amides is 4. The number of unbranched alkanes of at least 4 members (excludes halogenated alkanes) is 2. The summed E-state index contributed by atoms with van der Waals surface area (Å²) >= 11 is 0. The molecule has 1 N–H and O–H groups in total. The molecular weight excluding hydrogens is 707 g/mol. The highest BCUT2D eigenvalue weighted by Gasteiger charge is 2.28. The Bertz CT molecular complexity index is 2110. The topological polar surface area (TPSA) is 112 Å². The first kappa shape index (κ1) is 38.7. The number of urea groups is 1. The molecule has 7 rings (SSSR count). The SMILES string of the molecule is COc1cc2c(cc1OC(C)C)CN(c1ccc(N(C)CCC3CCN(CCCCC#Cc4ccn5c(N6CCC(=O)NC6=O)cnc5c4)CC3)cc1)C(=O)C2. The van der Waals surface area contributed by atoms with Gasteiger partial charge in [-0.3, -0.25) is 24.2 Å². The molecule has 2 fully saturated rings. The fourth-order valence-electron chi connectivity index (χ4n) is 7.85. The normalized spacial score (nSPS) is 16.5. The van der Waals surface area contributed by atoms with Gasteiger partial charge in [0.25, 0.3) is 0 Å². The highest BCUT2D eigenvalue weighted by molar-refractivity contribution is 6.05. The van der Waals surface area contributed by atoms with Crippen molar-refractivity contribution in [2.24, 2.45) is 5.92 Å². The van der Waals surface area contributed by atoms with Gasteiger partial charge in [-0.2, -0.15) is 0 Å². The second-order valence-electron chi connectivity index (χ2n) is 15.4. The second-order valence-corrected chi connectivity index (χ2v) is 15.4. The molecule has 5 heterocycles. The first-order valence-corrected chi connectivity index (χ1v) is 19.9. The van der Waals surface area contributed by atoms with Crippen molar-refractivity contribution in [3.05, 3.63) is 77.6 Å². The fourth-order valence-corrected chi connectivity index (χ4v) is 7.85.